The summed E-state index contributed by atoms with van der Waals surface area (Å²) >= 11 is 1.59. The maximum atomic E-state index is 12.9. The third-order valence-electron chi connectivity index (χ3n) is 5.69. The lowest BCUT2D eigenvalue weighted by Crippen LogP contribution is -2.43. The van der Waals surface area contributed by atoms with Gasteiger partial charge in [0.25, 0.3) is 0 Å². The largest absolute Gasteiger partial charge is 0.348 e. The average Bonchev–Trinajstić information content (AvgIpc) is 3.21. The first-order valence-corrected chi connectivity index (χ1v) is 10.4. The third kappa shape index (κ3) is 4.38. The Balaban J connectivity index is 1.60. The first-order chi connectivity index (χ1) is 12.0. The highest BCUT2D eigenvalue weighted by Crippen LogP contribution is 2.43. The van der Waals surface area contributed by atoms with Crippen molar-refractivity contribution >= 4 is 17.2 Å². The molecule has 0 aromatic carbocycles. The van der Waals surface area contributed by atoms with E-state index in [-0.39, 0.29) is 11.9 Å². The summed E-state index contributed by atoms with van der Waals surface area (Å²) in [6.45, 7) is 9.16. The molecule has 2 saturated heterocycles. The van der Waals surface area contributed by atoms with Gasteiger partial charge in [0.15, 0.2) is 0 Å². The van der Waals surface area contributed by atoms with Crippen LogP contribution in [0.15, 0.2) is 0 Å². The third-order valence-corrected chi connectivity index (χ3v) is 6.76. The molecule has 3 heterocycles. The zero-order chi connectivity index (χ0) is 17.9. The molecule has 6 nitrogen and oxygen atoms in total. The minimum Gasteiger partial charge on any atom is -0.348 e. The molecule has 3 rings (SSSR count). The number of amides is 1. The minimum atomic E-state index is 0.0157. The Bertz CT molecular complexity index is 582. The van der Waals surface area contributed by atoms with Gasteiger partial charge in [-0.05, 0) is 64.2 Å². The molecule has 0 unspecified atom stereocenters. The number of aromatic nitrogens is 2. The quantitative estimate of drug-likeness (QED) is 0.834. The predicted octanol–water partition coefficient (Wildman–Crippen LogP) is 1.91. The van der Waals surface area contributed by atoms with Crippen LogP contribution in [0.5, 0.6) is 0 Å². The Hall–Kier alpha value is -1.05. The van der Waals surface area contributed by atoms with Gasteiger partial charge in [0.2, 0.25) is 5.91 Å². The highest BCUT2D eigenvalue weighted by Gasteiger charge is 2.47. The summed E-state index contributed by atoms with van der Waals surface area (Å²) in [5, 5.41) is 13.3. The van der Waals surface area contributed by atoms with Crippen LogP contribution in [0, 0.1) is 5.41 Å². The van der Waals surface area contributed by atoms with Crippen molar-refractivity contribution in [2.24, 2.45) is 5.41 Å². The molecule has 2 fully saturated rings. The van der Waals surface area contributed by atoms with E-state index in [1.165, 1.54) is 12.8 Å². The Labute approximate surface area is 155 Å². The molecule has 7 heteroatoms. The summed E-state index contributed by atoms with van der Waals surface area (Å²) in [5.74, 6) is 0.164. The van der Waals surface area contributed by atoms with Crippen molar-refractivity contribution < 1.29 is 4.79 Å². The molecule has 25 heavy (non-hydrogen) atoms. The van der Waals surface area contributed by atoms with Crippen LogP contribution in [0.1, 0.15) is 49.5 Å². The van der Waals surface area contributed by atoms with Crippen molar-refractivity contribution in [3.05, 3.63) is 10.0 Å². The molecular weight excluding hydrogens is 334 g/mol. The lowest BCUT2D eigenvalue weighted by atomic mass is 9.76. The number of piperidine rings is 1. The standard InChI is InChI=1S/C18H31N5OS/c1-4-8-23-13-18(6-9-22(3)10-7-18)11-14(23)17(24)19-12-16-21-20-15(5-2)25-16/h14H,4-13H2,1-3H3,(H,19,24)/t14-/m1/s1. The number of hydrogen-bond donors (Lipinski definition) is 1. The second-order valence-electron chi connectivity index (χ2n) is 7.65. The van der Waals surface area contributed by atoms with Crippen LogP contribution in [-0.2, 0) is 17.8 Å². The van der Waals surface area contributed by atoms with Crippen molar-refractivity contribution in [1.29, 1.82) is 0 Å². The smallest absolute Gasteiger partial charge is 0.237 e. The van der Waals surface area contributed by atoms with Gasteiger partial charge in [-0.3, -0.25) is 9.69 Å². The van der Waals surface area contributed by atoms with E-state index in [0.29, 0.717) is 12.0 Å². The van der Waals surface area contributed by atoms with E-state index in [1.807, 2.05) is 0 Å². The van der Waals surface area contributed by atoms with Crippen molar-refractivity contribution in [1.82, 2.24) is 25.3 Å². The first kappa shape index (κ1) is 18.7. The number of nitrogens with one attached hydrogen (secondary N) is 1. The van der Waals surface area contributed by atoms with E-state index < -0.39 is 0 Å². The number of rotatable bonds is 6. The second kappa shape index (κ2) is 8.10. The average molecular weight is 366 g/mol. The molecule has 1 amide bonds. The molecule has 1 atom stereocenters. The molecular formula is C18H31N5OS. The Morgan fingerprint density at radius 2 is 2.00 bits per heavy atom. The summed E-state index contributed by atoms with van der Waals surface area (Å²) in [5.41, 5.74) is 0.335. The fourth-order valence-electron chi connectivity index (χ4n) is 4.16. The van der Waals surface area contributed by atoms with Crippen LogP contribution in [0.3, 0.4) is 0 Å². The van der Waals surface area contributed by atoms with E-state index >= 15 is 0 Å². The van der Waals surface area contributed by atoms with Crippen LogP contribution in [0.25, 0.3) is 0 Å². The zero-order valence-corrected chi connectivity index (χ0v) is 16.6. The highest BCUT2D eigenvalue weighted by molar-refractivity contribution is 7.11. The van der Waals surface area contributed by atoms with Gasteiger partial charge >= 0.3 is 0 Å². The van der Waals surface area contributed by atoms with Gasteiger partial charge in [0.05, 0.1) is 12.6 Å². The van der Waals surface area contributed by atoms with Gasteiger partial charge in [-0.15, -0.1) is 10.2 Å². The molecule has 2 aliphatic heterocycles. The van der Waals surface area contributed by atoms with Gasteiger partial charge in [0, 0.05) is 6.54 Å². The fourth-order valence-corrected chi connectivity index (χ4v) is 4.89. The number of likely N-dealkylation sites (tertiary alicyclic amines) is 2. The Morgan fingerprint density at radius 1 is 1.28 bits per heavy atom. The first-order valence-electron chi connectivity index (χ1n) is 9.57. The van der Waals surface area contributed by atoms with Crippen LogP contribution < -0.4 is 5.32 Å². The van der Waals surface area contributed by atoms with Crippen molar-refractivity contribution in [3.63, 3.8) is 0 Å². The van der Waals surface area contributed by atoms with E-state index in [1.54, 1.807) is 11.3 Å². The van der Waals surface area contributed by atoms with Gasteiger partial charge in [-0.2, -0.15) is 0 Å². The molecule has 140 valence electrons. The summed E-state index contributed by atoms with van der Waals surface area (Å²) in [7, 11) is 2.20. The van der Waals surface area contributed by atoms with Crippen LogP contribution >= 0.6 is 11.3 Å². The van der Waals surface area contributed by atoms with E-state index in [0.717, 1.165) is 55.5 Å². The molecule has 1 N–H and O–H groups in total. The lowest BCUT2D eigenvalue weighted by molar-refractivity contribution is -0.125. The van der Waals surface area contributed by atoms with E-state index in [2.05, 4.69) is 46.2 Å². The number of carbonyl (C=O) groups excluding carboxylic acids is 1. The van der Waals surface area contributed by atoms with Crippen molar-refractivity contribution in [2.45, 2.75) is 58.5 Å². The SMILES string of the molecule is CCCN1CC2(CCN(C)CC2)C[C@@H]1C(=O)NCc1nnc(CC)s1. The molecule has 0 radical (unpaired) electrons. The van der Waals surface area contributed by atoms with Crippen molar-refractivity contribution in [3.8, 4) is 0 Å². The van der Waals surface area contributed by atoms with E-state index in [4.69, 9.17) is 0 Å². The maximum absolute atomic E-state index is 12.9. The highest BCUT2D eigenvalue weighted by atomic mass is 32.1. The van der Waals surface area contributed by atoms with Gasteiger partial charge in [-0.1, -0.05) is 25.2 Å². The molecule has 2 aliphatic rings. The zero-order valence-electron chi connectivity index (χ0n) is 15.8. The van der Waals surface area contributed by atoms with Crippen molar-refractivity contribution in [2.75, 3.05) is 33.2 Å². The molecule has 0 saturated carbocycles. The van der Waals surface area contributed by atoms with Crippen LogP contribution in [0.2, 0.25) is 0 Å². The van der Waals surface area contributed by atoms with Crippen LogP contribution in [0.4, 0.5) is 0 Å². The normalized spacial score (nSPS) is 24.0. The van der Waals surface area contributed by atoms with Gasteiger partial charge in [-0.25, -0.2) is 0 Å². The number of nitrogens with zero attached hydrogens (tertiary/aromatic N) is 4. The fraction of sp³-hybridized carbons (Fsp3) is 0.833. The monoisotopic (exact) mass is 365 g/mol. The van der Waals surface area contributed by atoms with Crippen LogP contribution in [-0.4, -0.2) is 65.2 Å². The lowest BCUT2D eigenvalue weighted by Gasteiger charge is -2.37. The number of aryl methyl sites for hydroxylation is 1. The topological polar surface area (TPSA) is 61.4 Å². The summed E-state index contributed by atoms with van der Waals surface area (Å²) in [4.78, 5) is 17.7. The summed E-state index contributed by atoms with van der Waals surface area (Å²) in [6, 6.07) is 0.0157. The summed E-state index contributed by atoms with van der Waals surface area (Å²) in [6.07, 6.45) is 5.42. The second-order valence-corrected chi connectivity index (χ2v) is 8.80. The van der Waals surface area contributed by atoms with Gasteiger partial charge in [0.1, 0.15) is 10.0 Å². The molecule has 1 aromatic heterocycles. The Kier molecular flexibility index (Phi) is 6.07. The maximum Gasteiger partial charge on any atom is 0.237 e. The van der Waals surface area contributed by atoms with Gasteiger partial charge < -0.3 is 10.2 Å². The number of hydrogen-bond acceptors (Lipinski definition) is 6. The predicted molar refractivity (Wildman–Crippen MR) is 101 cm³/mol. The minimum absolute atomic E-state index is 0.0157. The van der Waals surface area contributed by atoms with E-state index in [9.17, 15) is 4.79 Å². The number of carbonyl (C=O) groups is 1. The molecule has 0 aliphatic carbocycles. The molecule has 0 bridgehead atoms. The summed E-state index contributed by atoms with van der Waals surface area (Å²) < 4.78 is 0. The Morgan fingerprint density at radius 3 is 2.64 bits per heavy atom. The molecule has 1 aromatic rings. The molecule has 1 spiro atoms.